The molecule has 0 amide bonds. The van der Waals surface area contributed by atoms with Crippen molar-refractivity contribution in [2.75, 3.05) is 5.75 Å². The summed E-state index contributed by atoms with van der Waals surface area (Å²) in [5, 5.41) is 11.3. The Bertz CT molecular complexity index is 211. The van der Waals surface area contributed by atoms with E-state index < -0.39 is 0 Å². The van der Waals surface area contributed by atoms with Crippen LogP contribution < -0.4 is 0 Å². The first-order valence-electron chi connectivity index (χ1n) is 6.48. The summed E-state index contributed by atoms with van der Waals surface area (Å²) >= 11 is 1.95. The van der Waals surface area contributed by atoms with Crippen LogP contribution in [0, 0.1) is 11.8 Å². The molecule has 2 rings (SSSR count). The van der Waals surface area contributed by atoms with E-state index >= 15 is 0 Å². The van der Waals surface area contributed by atoms with Crippen molar-refractivity contribution in [2.45, 2.75) is 63.2 Å². The van der Waals surface area contributed by atoms with Crippen molar-refractivity contribution >= 4 is 11.8 Å². The SMILES string of the molecule is CCC1CCC(C2(O)CSC(C)C2)CC1. The summed E-state index contributed by atoms with van der Waals surface area (Å²) in [6.07, 6.45) is 7.59. The molecule has 0 aromatic carbocycles. The molecule has 1 saturated carbocycles. The number of thioether (sulfide) groups is 1. The third kappa shape index (κ3) is 2.52. The van der Waals surface area contributed by atoms with Crippen molar-refractivity contribution in [2.24, 2.45) is 11.8 Å². The molecular formula is C13H24OS. The highest BCUT2D eigenvalue weighted by molar-refractivity contribution is 8.00. The van der Waals surface area contributed by atoms with Gasteiger partial charge in [0.05, 0.1) is 5.60 Å². The molecule has 2 aliphatic rings. The zero-order valence-electron chi connectivity index (χ0n) is 10.0. The van der Waals surface area contributed by atoms with Crippen molar-refractivity contribution < 1.29 is 5.11 Å². The Morgan fingerprint density at radius 1 is 1.27 bits per heavy atom. The highest BCUT2D eigenvalue weighted by Gasteiger charge is 2.43. The van der Waals surface area contributed by atoms with Crippen molar-refractivity contribution in [3.8, 4) is 0 Å². The van der Waals surface area contributed by atoms with E-state index in [-0.39, 0.29) is 5.60 Å². The molecule has 2 heteroatoms. The first kappa shape index (κ1) is 11.8. The molecule has 15 heavy (non-hydrogen) atoms. The maximum absolute atomic E-state index is 10.6. The summed E-state index contributed by atoms with van der Waals surface area (Å²) in [4.78, 5) is 0. The summed E-state index contributed by atoms with van der Waals surface area (Å²) < 4.78 is 0. The molecule has 0 bridgehead atoms. The minimum atomic E-state index is -0.317. The lowest BCUT2D eigenvalue weighted by atomic mass is 9.72. The summed E-state index contributed by atoms with van der Waals surface area (Å²) in [6, 6.07) is 0. The van der Waals surface area contributed by atoms with Gasteiger partial charge in [0.2, 0.25) is 0 Å². The number of hydrogen-bond acceptors (Lipinski definition) is 2. The molecular weight excluding hydrogens is 204 g/mol. The Balaban J connectivity index is 1.90. The third-order valence-electron chi connectivity index (χ3n) is 4.44. The molecule has 0 aromatic rings. The fourth-order valence-electron chi connectivity index (χ4n) is 3.29. The second kappa shape index (κ2) is 4.67. The fourth-order valence-corrected chi connectivity index (χ4v) is 4.63. The van der Waals surface area contributed by atoms with Gasteiger partial charge < -0.3 is 5.11 Å². The predicted octanol–water partition coefficient (Wildman–Crippen LogP) is 3.46. The van der Waals surface area contributed by atoms with Gasteiger partial charge in [-0.3, -0.25) is 0 Å². The normalized spacial score (nSPS) is 47.0. The van der Waals surface area contributed by atoms with E-state index in [9.17, 15) is 5.11 Å². The predicted molar refractivity (Wildman–Crippen MR) is 67.2 cm³/mol. The summed E-state index contributed by atoms with van der Waals surface area (Å²) in [7, 11) is 0. The van der Waals surface area contributed by atoms with E-state index in [1.165, 1.54) is 32.1 Å². The van der Waals surface area contributed by atoms with Gasteiger partial charge in [-0.05, 0) is 31.1 Å². The van der Waals surface area contributed by atoms with Crippen LogP contribution in [0.3, 0.4) is 0 Å². The van der Waals surface area contributed by atoms with Crippen LogP contribution in [0.2, 0.25) is 0 Å². The first-order chi connectivity index (χ1) is 7.14. The van der Waals surface area contributed by atoms with Crippen LogP contribution in [0.1, 0.15) is 52.4 Å². The van der Waals surface area contributed by atoms with Gasteiger partial charge in [0, 0.05) is 11.0 Å². The van der Waals surface area contributed by atoms with E-state index in [1.807, 2.05) is 11.8 Å². The third-order valence-corrected chi connectivity index (χ3v) is 5.85. The fraction of sp³-hybridized carbons (Fsp3) is 1.00. The highest BCUT2D eigenvalue weighted by Crippen LogP contribution is 2.45. The monoisotopic (exact) mass is 228 g/mol. The zero-order valence-corrected chi connectivity index (χ0v) is 10.9. The maximum atomic E-state index is 10.6. The Labute approximate surface area is 98.0 Å². The van der Waals surface area contributed by atoms with Gasteiger partial charge >= 0.3 is 0 Å². The van der Waals surface area contributed by atoms with Crippen LogP contribution in [0.25, 0.3) is 0 Å². The van der Waals surface area contributed by atoms with E-state index in [1.54, 1.807) is 0 Å². The Hall–Kier alpha value is 0.310. The average Bonchev–Trinajstić information content (AvgIpc) is 2.60. The Kier molecular flexibility index (Phi) is 3.67. The molecule has 0 aromatic heterocycles. The topological polar surface area (TPSA) is 20.2 Å². The molecule has 0 radical (unpaired) electrons. The first-order valence-corrected chi connectivity index (χ1v) is 7.53. The number of hydrogen-bond donors (Lipinski definition) is 1. The zero-order chi connectivity index (χ0) is 10.9. The lowest BCUT2D eigenvalue weighted by molar-refractivity contribution is -0.0187. The largest absolute Gasteiger partial charge is 0.389 e. The summed E-state index contributed by atoms with van der Waals surface area (Å²) in [6.45, 7) is 4.55. The standard InChI is InChI=1S/C13H24OS/c1-3-11-4-6-12(7-5-11)13(14)8-10(2)15-9-13/h10-12,14H,3-9H2,1-2H3. The lowest BCUT2D eigenvalue weighted by Gasteiger charge is -2.37. The molecule has 1 heterocycles. The quantitative estimate of drug-likeness (QED) is 0.781. The van der Waals surface area contributed by atoms with Gasteiger partial charge in [0.25, 0.3) is 0 Å². The van der Waals surface area contributed by atoms with Gasteiger partial charge in [0.15, 0.2) is 0 Å². The highest BCUT2D eigenvalue weighted by atomic mass is 32.2. The molecule has 1 saturated heterocycles. The van der Waals surface area contributed by atoms with Crippen LogP contribution in [0.5, 0.6) is 0 Å². The molecule has 0 spiro atoms. The van der Waals surface area contributed by atoms with Crippen molar-refractivity contribution in [1.29, 1.82) is 0 Å². The number of rotatable bonds is 2. The second-order valence-electron chi connectivity index (χ2n) is 5.56. The molecule has 1 N–H and O–H groups in total. The molecule has 1 nitrogen and oxygen atoms in total. The van der Waals surface area contributed by atoms with Crippen LogP contribution in [0.4, 0.5) is 0 Å². The van der Waals surface area contributed by atoms with Crippen molar-refractivity contribution in [1.82, 2.24) is 0 Å². The van der Waals surface area contributed by atoms with E-state index in [0.29, 0.717) is 11.2 Å². The smallest absolute Gasteiger partial charge is 0.0776 e. The van der Waals surface area contributed by atoms with Crippen LogP contribution in [0.15, 0.2) is 0 Å². The Morgan fingerprint density at radius 3 is 2.40 bits per heavy atom. The molecule has 1 aliphatic carbocycles. The van der Waals surface area contributed by atoms with E-state index in [0.717, 1.165) is 18.1 Å². The molecule has 2 unspecified atom stereocenters. The lowest BCUT2D eigenvalue weighted by Crippen LogP contribution is -2.40. The summed E-state index contributed by atoms with van der Waals surface area (Å²) in [5.41, 5.74) is -0.317. The minimum Gasteiger partial charge on any atom is -0.389 e. The maximum Gasteiger partial charge on any atom is 0.0776 e. The van der Waals surface area contributed by atoms with Gasteiger partial charge in [-0.15, -0.1) is 0 Å². The molecule has 2 atom stereocenters. The average molecular weight is 228 g/mol. The summed E-state index contributed by atoms with van der Waals surface area (Å²) in [5.74, 6) is 2.52. The van der Waals surface area contributed by atoms with Crippen molar-refractivity contribution in [3.05, 3.63) is 0 Å². The van der Waals surface area contributed by atoms with Crippen LogP contribution in [-0.4, -0.2) is 21.7 Å². The second-order valence-corrected chi connectivity index (χ2v) is 6.98. The van der Waals surface area contributed by atoms with Gasteiger partial charge in [-0.2, -0.15) is 11.8 Å². The van der Waals surface area contributed by atoms with Gasteiger partial charge in [-0.1, -0.05) is 33.1 Å². The molecule has 2 fully saturated rings. The molecule has 1 aliphatic heterocycles. The van der Waals surface area contributed by atoms with E-state index in [2.05, 4.69) is 13.8 Å². The Morgan fingerprint density at radius 2 is 1.93 bits per heavy atom. The number of aliphatic hydroxyl groups is 1. The van der Waals surface area contributed by atoms with Crippen LogP contribution >= 0.6 is 11.8 Å². The van der Waals surface area contributed by atoms with Gasteiger partial charge in [-0.25, -0.2) is 0 Å². The minimum absolute atomic E-state index is 0.317. The van der Waals surface area contributed by atoms with Crippen molar-refractivity contribution in [3.63, 3.8) is 0 Å². The molecule has 88 valence electrons. The van der Waals surface area contributed by atoms with E-state index in [4.69, 9.17) is 0 Å². The van der Waals surface area contributed by atoms with Crippen LogP contribution in [-0.2, 0) is 0 Å². The van der Waals surface area contributed by atoms with Gasteiger partial charge in [0.1, 0.15) is 0 Å².